The first kappa shape index (κ1) is 14.7. The number of ether oxygens (including phenoxy) is 1. The van der Waals surface area contributed by atoms with Crippen LogP contribution in [-0.2, 0) is 6.54 Å². The number of hydrogen-bond acceptors (Lipinski definition) is 4. The molecule has 3 rings (SSSR count). The van der Waals surface area contributed by atoms with E-state index in [2.05, 4.69) is 10.2 Å². The van der Waals surface area contributed by atoms with Gasteiger partial charge in [-0.1, -0.05) is 6.07 Å². The third-order valence-corrected chi connectivity index (χ3v) is 4.86. The second kappa shape index (κ2) is 6.67. The van der Waals surface area contributed by atoms with E-state index in [1.807, 2.05) is 12.1 Å². The average Bonchev–Trinajstić information content (AvgIpc) is 3.04. The fourth-order valence-electron chi connectivity index (χ4n) is 3.76. The van der Waals surface area contributed by atoms with Gasteiger partial charge in [0, 0.05) is 19.1 Å². The molecule has 0 amide bonds. The lowest BCUT2D eigenvalue weighted by Gasteiger charge is -2.35. The maximum atomic E-state index is 9.68. The number of piperidine rings is 1. The Balaban J connectivity index is 1.61. The van der Waals surface area contributed by atoms with Crippen molar-refractivity contribution in [3.05, 3.63) is 23.8 Å². The maximum absolute atomic E-state index is 9.68. The highest BCUT2D eigenvalue weighted by Gasteiger charge is 2.28. The van der Waals surface area contributed by atoms with Crippen LogP contribution in [0, 0.1) is 5.92 Å². The van der Waals surface area contributed by atoms with Gasteiger partial charge in [-0.05, 0) is 62.4 Å². The topological polar surface area (TPSA) is 44.7 Å². The molecular formula is C17H26N2O2. The Hall–Kier alpha value is -1.26. The normalized spacial score (nSPS) is 26.9. The highest BCUT2D eigenvalue weighted by Crippen LogP contribution is 2.29. The maximum Gasteiger partial charge on any atom is 0.160 e. The number of nitrogens with one attached hydrogen (secondary N) is 1. The Labute approximate surface area is 127 Å². The van der Waals surface area contributed by atoms with Crippen molar-refractivity contribution in [1.29, 1.82) is 0 Å². The molecule has 4 heteroatoms. The summed E-state index contributed by atoms with van der Waals surface area (Å²) in [5, 5.41) is 13.3. The predicted molar refractivity (Wildman–Crippen MR) is 83.7 cm³/mol. The zero-order valence-corrected chi connectivity index (χ0v) is 12.8. The van der Waals surface area contributed by atoms with Crippen LogP contribution < -0.4 is 10.1 Å². The van der Waals surface area contributed by atoms with Gasteiger partial charge in [-0.25, -0.2) is 0 Å². The minimum Gasteiger partial charge on any atom is -0.504 e. The summed E-state index contributed by atoms with van der Waals surface area (Å²) in [6.45, 7) is 4.49. The van der Waals surface area contributed by atoms with Crippen molar-refractivity contribution in [2.75, 3.05) is 26.7 Å². The monoisotopic (exact) mass is 290 g/mol. The third-order valence-electron chi connectivity index (χ3n) is 4.86. The van der Waals surface area contributed by atoms with E-state index in [1.165, 1.54) is 50.9 Å². The quantitative estimate of drug-likeness (QED) is 0.893. The summed E-state index contributed by atoms with van der Waals surface area (Å²) in [6, 6.07) is 6.40. The van der Waals surface area contributed by atoms with E-state index in [0.717, 1.165) is 18.5 Å². The van der Waals surface area contributed by atoms with Crippen LogP contribution in [-0.4, -0.2) is 42.8 Å². The Bertz CT molecular complexity index is 472. The molecule has 4 nitrogen and oxygen atoms in total. The van der Waals surface area contributed by atoms with E-state index in [0.29, 0.717) is 5.75 Å². The van der Waals surface area contributed by atoms with Crippen LogP contribution in [0.4, 0.5) is 0 Å². The van der Waals surface area contributed by atoms with Gasteiger partial charge in [0.05, 0.1) is 7.11 Å². The van der Waals surface area contributed by atoms with Gasteiger partial charge in [-0.3, -0.25) is 4.90 Å². The number of aromatic hydroxyl groups is 1. The summed E-state index contributed by atoms with van der Waals surface area (Å²) in [5.41, 5.74) is 1.21. The van der Waals surface area contributed by atoms with Crippen molar-refractivity contribution in [3.63, 3.8) is 0 Å². The molecule has 0 bridgehead atoms. The SMILES string of the molecule is COc1cc(CN2CCCC(C3CCCN3)C2)ccc1O. The first-order valence-electron chi connectivity index (χ1n) is 8.08. The summed E-state index contributed by atoms with van der Waals surface area (Å²) in [5.74, 6) is 1.58. The Morgan fingerprint density at radius 3 is 3.00 bits per heavy atom. The molecule has 2 saturated heterocycles. The van der Waals surface area contributed by atoms with Crippen LogP contribution in [0.25, 0.3) is 0 Å². The lowest BCUT2D eigenvalue weighted by Crippen LogP contribution is -2.43. The van der Waals surface area contributed by atoms with Gasteiger partial charge in [0.25, 0.3) is 0 Å². The molecule has 0 aliphatic carbocycles. The molecule has 116 valence electrons. The highest BCUT2D eigenvalue weighted by molar-refractivity contribution is 5.41. The highest BCUT2D eigenvalue weighted by atomic mass is 16.5. The van der Waals surface area contributed by atoms with E-state index < -0.39 is 0 Å². The summed E-state index contributed by atoms with van der Waals surface area (Å²) < 4.78 is 5.20. The van der Waals surface area contributed by atoms with E-state index >= 15 is 0 Å². The van der Waals surface area contributed by atoms with Crippen molar-refractivity contribution in [2.45, 2.75) is 38.3 Å². The van der Waals surface area contributed by atoms with Gasteiger partial charge in [0.2, 0.25) is 0 Å². The number of phenols is 1. The molecule has 2 aliphatic rings. The molecule has 2 unspecified atom stereocenters. The van der Waals surface area contributed by atoms with Crippen LogP contribution >= 0.6 is 0 Å². The fraction of sp³-hybridized carbons (Fsp3) is 0.647. The van der Waals surface area contributed by atoms with E-state index in [9.17, 15) is 5.11 Å². The van der Waals surface area contributed by atoms with Gasteiger partial charge in [-0.2, -0.15) is 0 Å². The number of likely N-dealkylation sites (tertiary alicyclic amines) is 1. The molecule has 2 aliphatic heterocycles. The zero-order chi connectivity index (χ0) is 14.7. The lowest BCUT2D eigenvalue weighted by atomic mass is 9.89. The van der Waals surface area contributed by atoms with E-state index in [4.69, 9.17) is 4.74 Å². The molecule has 0 radical (unpaired) electrons. The van der Waals surface area contributed by atoms with Crippen molar-refractivity contribution < 1.29 is 9.84 Å². The predicted octanol–water partition coefficient (Wildman–Crippen LogP) is 2.36. The standard InChI is InChI=1S/C17H26N2O2/c1-21-17-10-13(6-7-16(17)20)11-19-9-3-4-14(12-19)15-5-2-8-18-15/h6-7,10,14-15,18,20H,2-5,8-9,11-12H2,1H3. The van der Waals surface area contributed by atoms with Crippen LogP contribution in [0.15, 0.2) is 18.2 Å². The molecule has 0 spiro atoms. The minimum atomic E-state index is 0.216. The van der Waals surface area contributed by atoms with Gasteiger partial charge in [0.1, 0.15) is 0 Å². The van der Waals surface area contributed by atoms with Gasteiger partial charge in [0.15, 0.2) is 11.5 Å². The first-order valence-corrected chi connectivity index (χ1v) is 8.08. The third kappa shape index (κ3) is 3.50. The Morgan fingerprint density at radius 2 is 2.24 bits per heavy atom. The number of rotatable bonds is 4. The fourth-order valence-corrected chi connectivity index (χ4v) is 3.76. The Kier molecular flexibility index (Phi) is 4.66. The van der Waals surface area contributed by atoms with Crippen LogP contribution in [0.1, 0.15) is 31.2 Å². The van der Waals surface area contributed by atoms with Crippen LogP contribution in [0.5, 0.6) is 11.5 Å². The number of nitrogens with zero attached hydrogens (tertiary/aromatic N) is 1. The zero-order valence-electron chi connectivity index (χ0n) is 12.8. The first-order chi connectivity index (χ1) is 10.3. The van der Waals surface area contributed by atoms with Crippen molar-refractivity contribution in [3.8, 4) is 11.5 Å². The molecule has 0 aromatic heterocycles. The van der Waals surface area contributed by atoms with Crippen LogP contribution in [0.3, 0.4) is 0 Å². The van der Waals surface area contributed by atoms with Gasteiger partial charge in [-0.15, -0.1) is 0 Å². The van der Waals surface area contributed by atoms with E-state index in [1.54, 1.807) is 13.2 Å². The second-order valence-corrected chi connectivity index (χ2v) is 6.35. The minimum absolute atomic E-state index is 0.216. The number of hydrogen-bond donors (Lipinski definition) is 2. The molecule has 2 heterocycles. The lowest BCUT2D eigenvalue weighted by molar-refractivity contribution is 0.145. The molecule has 2 fully saturated rings. The number of benzene rings is 1. The average molecular weight is 290 g/mol. The van der Waals surface area contributed by atoms with E-state index in [-0.39, 0.29) is 5.75 Å². The molecule has 21 heavy (non-hydrogen) atoms. The smallest absolute Gasteiger partial charge is 0.160 e. The van der Waals surface area contributed by atoms with Crippen molar-refractivity contribution in [1.82, 2.24) is 10.2 Å². The summed E-state index contributed by atoms with van der Waals surface area (Å²) in [7, 11) is 1.60. The molecular weight excluding hydrogens is 264 g/mol. The summed E-state index contributed by atoms with van der Waals surface area (Å²) >= 11 is 0. The molecule has 2 N–H and O–H groups in total. The largest absolute Gasteiger partial charge is 0.504 e. The summed E-state index contributed by atoms with van der Waals surface area (Å²) in [6.07, 6.45) is 5.31. The molecule has 1 aromatic carbocycles. The van der Waals surface area contributed by atoms with Crippen LogP contribution in [0.2, 0.25) is 0 Å². The molecule has 1 aromatic rings. The number of phenolic OH excluding ortho intramolecular Hbond substituents is 1. The molecule has 0 saturated carbocycles. The van der Waals surface area contributed by atoms with Gasteiger partial charge >= 0.3 is 0 Å². The second-order valence-electron chi connectivity index (χ2n) is 6.35. The number of methoxy groups -OCH3 is 1. The van der Waals surface area contributed by atoms with Gasteiger partial charge < -0.3 is 15.2 Å². The van der Waals surface area contributed by atoms with Crippen molar-refractivity contribution >= 4 is 0 Å². The summed E-state index contributed by atoms with van der Waals surface area (Å²) in [4.78, 5) is 2.54. The molecule has 2 atom stereocenters. The Morgan fingerprint density at radius 1 is 1.33 bits per heavy atom. The van der Waals surface area contributed by atoms with Crippen molar-refractivity contribution in [2.24, 2.45) is 5.92 Å².